The first-order valence-corrected chi connectivity index (χ1v) is 8.58. The Morgan fingerprint density at radius 2 is 2.06 bits per heavy atom. The van der Waals surface area contributed by atoms with Gasteiger partial charge in [0.1, 0.15) is 4.90 Å². The van der Waals surface area contributed by atoms with E-state index in [1.165, 1.54) is 11.3 Å². The highest BCUT2D eigenvalue weighted by Gasteiger charge is 2.27. The molecule has 1 rings (SSSR count). The zero-order valence-electron chi connectivity index (χ0n) is 11.3. The van der Waals surface area contributed by atoms with E-state index >= 15 is 0 Å². The Labute approximate surface area is 114 Å². The maximum atomic E-state index is 12.6. The van der Waals surface area contributed by atoms with Crippen LogP contribution in [-0.2, 0) is 16.6 Å². The minimum atomic E-state index is -3.39. The third-order valence-electron chi connectivity index (χ3n) is 2.89. The number of sulfonamides is 1. The molecule has 0 saturated carbocycles. The molecule has 2 N–H and O–H groups in total. The molecule has 1 heterocycles. The summed E-state index contributed by atoms with van der Waals surface area (Å²) < 4.78 is 26.8. The summed E-state index contributed by atoms with van der Waals surface area (Å²) in [7, 11) is -3.39. The fraction of sp³-hybridized carbons (Fsp3) is 0.667. The van der Waals surface area contributed by atoms with Gasteiger partial charge in [-0.25, -0.2) is 8.42 Å². The van der Waals surface area contributed by atoms with Crippen LogP contribution in [0.5, 0.6) is 0 Å². The number of nitrogens with zero attached hydrogens (tertiary/aromatic N) is 1. The molecule has 1 aromatic rings. The number of aryl methyl sites for hydroxylation is 1. The lowest BCUT2D eigenvalue weighted by atomic mass is 10.3. The number of unbranched alkanes of at least 4 members (excludes halogenated alkanes) is 1. The van der Waals surface area contributed by atoms with Gasteiger partial charge in [-0.15, -0.1) is 11.3 Å². The van der Waals surface area contributed by atoms with E-state index in [0.29, 0.717) is 18.0 Å². The van der Waals surface area contributed by atoms with E-state index in [-0.39, 0.29) is 6.54 Å². The summed E-state index contributed by atoms with van der Waals surface area (Å²) in [6, 6.07) is 0. The Hall–Kier alpha value is -0.430. The first kappa shape index (κ1) is 15.6. The standard InChI is InChI=1S/C12H22N2O2S2/c1-4-6-7-14(5-2)18(15,16)12-10(3)9-17-11(12)8-13/h9H,4-8,13H2,1-3H3. The number of nitrogens with two attached hydrogens (primary N) is 1. The van der Waals surface area contributed by atoms with Crippen molar-refractivity contribution in [1.82, 2.24) is 4.31 Å². The van der Waals surface area contributed by atoms with E-state index < -0.39 is 10.0 Å². The molecular formula is C12H22N2O2S2. The zero-order chi connectivity index (χ0) is 13.8. The minimum Gasteiger partial charge on any atom is -0.326 e. The average molecular weight is 290 g/mol. The Bertz CT molecular complexity index is 480. The van der Waals surface area contributed by atoms with Crippen molar-refractivity contribution in [3.8, 4) is 0 Å². The molecule has 0 aliphatic heterocycles. The summed E-state index contributed by atoms with van der Waals surface area (Å²) in [6.07, 6.45) is 1.87. The summed E-state index contributed by atoms with van der Waals surface area (Å²) in [6.45, 7) is 7.11. The van der Waals surface area contributed by atoms with Gasteiger partial charge in [0.25, 0.3) is 0 Å². The van der Waals surface area contributed by atoms with Crippen LogP contribution in [0.3, 0.4) is 0 Å². The van der Waals surface area contributed by atoms with Crippen molar-refractivity contribution in [3.05, 3.63) is 15.8 Å². The van der Waals surface area contributed by atoms with E-state index in [2.05, 4.69) is 6.92 Å². The first-order valence-electron chi connectivity index (χ1n) is 6.26. The summed E-state index contributed by atoms with van der Waals surface area (Å²) in [4.78, 5) is 1.18. The summed E-state index contributed by atoms with van der Waals surface area (Å²) in [5, 5.41) is 1.86. The van der Waals surface area contributed by atoms with Gasteiger partial charge in [-0.05, 0) is 24.3 Å². The van der Waals surface area contributed by atoms with Crippen LogP contribution >= 0.6 is 11.3 Å². The second-order valence-electron chi connectivity index (χ2n) is 4.23. The van der Waals surface area contributed by atoms with Crippen LogP contribution in [-0.4, -0.2) is 25.8 Å². The lowest BCUT2D eigenvalue weighted by Crippen LogP contribution is -2.32. The van der Waals surface area contributed by atoms with Crippen molar-refractivity contribution in [3.63, 3.8) is 0 Å². The fourth-order valence-corrected chi connectivity index (χ4v) is 5.03. The fourth-order valence-electron chi connectivity index (χ4n) is 1.89. The average Bonchev–Trinajstić information content (AvgIpc) is 2.71. The third kappa shape index (κ3) is 3.12. The van der Waals surface area contributed by atoms with Crippen LogP contribution in [0.1, 0.15) is 37.1 Å². The lowest BCUT2D eigenvalue weighted by Gasteiger charge is -2.21. The molecule has 6 heteroatoms. The molecule has 0 spiro atoms. The van der Waals surface area contributed by atoms with Gasteiger partial charge >= 0.3 is 0 Å². The molecule has 104 valence electrons. The van der Waals surface area contributed by atoms with Gasteiger partial charge in [-0.3, -0.25) is 0 Å². The monoisotopic (exact) mass is 290 g/mol. The Morgan fingerprint density at radius 3 is 2.56 bits per heavy atom. The number of hydrogen-bond donors (Lipinski definition) is 1. The van der Waals surface area contributed by atoms with Crippen LogP contribution in [0.2, 0.25) is 0 Å². The number of rotatable bonds is 7. The van der Waals surface area contributed by atoms with Gasteiger partial charge in [-0.1, -0.05) is 20.3 Å². The molecule has 0 saturated heterocycles. The summed E-state index contributed by atoms with van der Waals surface area (Å²) in [5.41, 5.74) is 6.43. The van der Waals surface area contributed by atoms with Gasteiger partial charge in [-0.2, -0.15) is 4.31 Å². The van der Waals surface area contributed by atoms with Crippen molar-refractivity contribution in [1.29, 1.82) is 0 Å². The molecule has 0 atom stereocenters. The normalized spacial score (nSPS) is 12.3. The smallest absolute Gasteiger partial charge is 0.244 e. The third-order valence-corrected chi connectivity index (χ3v) is 6.35. The van der Waals surface area contributed by atoms with Crippen LogP contribution < -0.4 is 5.73 Å². The molecule has 0 aliphatic carbocycles. The van der Waals surface area contributed by atoms with E-state index in [4.69, 9.17) is 5.73 Å². The van der Waals surface area contributed by atoms with Gasteiger partial charge in [0.15, 0.2) is 0 Å². The van der Waals surface area contributed by atoms with Crippen molar-refractivity contribution in [2.75, 3.05) is 13.1 Å². The molecule has 0 radical (unpaired) electrons. The molecule has 0 unspecified atom stereocenters. The molecule has 0 bridgehead atoms. The van der Waals surface area contributed by atoms with Gasteiger partial charge in [0.2, 0.25) is 10.0 Å². The maximum Gasteiger partial charge on any atom is 0.244 e. The summed E-state index contributed by atoms with van der Waals surface area (Å²) >= 11 is 1.42. The van der Waals surface area contributed by atoms with E-state index in [0.717, 1.165) is 23.3 Å². The zero-order valence-corrected chi connectivity index (χ0v) is 12.9. The quantitative estimate of drug-likeness (QED) is 0.838. The number of hydrogen-bond acceptors (Lipinski definition) is 4. The van der Waals surface area contributed by atoms with E-state index in [1.54, 1.807) is 4.31 Å². The number of thiophene rings is 1. The highest BCUT2D eigenvalue weighted by molar-refractivity contribution is 7.89. The van der Waals surface area contributed by atoms with Gasteiger partial charge < -0.3 is 5.73 Å². The molecule has 1 aromatic heterocycles. The van der Waals surface area contributed by atoms with E-state index in [9.17, 15) is 8.42 Å². The Morgan fingerprint density at radius 1 is 1.39 bits per heavy atom. The molecule has 0 aliphatic rings. The molecule has 0 fully saturated rings. The highest BCUT2D eigenvalue weighted by Crippen LogP contribution is 2.29. The largest absolute Gasteiger partial charge is 0.326 e. The molecule has 4 nitrogen and oxygen atoms in total. The van der Waals surface area contributed by atoms with Crippen LogP contribution in [0, 0.1) is 6.92 Å². The predicted molar refractivity (Wildman–Crippen MR) is 76.3 cm³/mol. The predicted octanol–water partition coefficient (Wildman–Crippen LogP) is 2.33. The molecule has 0 aromatic carbocycles. The molecule has 18 heavy (non-hydrogen) atoms. The van der Waals surface area contributed by atoms with Gasteiger partial charge in [0, 0.05) is 24.5 Å². The van der Waals surface area contributed by atoms with Crippen molar-refractivity contribution >= 4 is 21.4 Å². The van der Waals surface area contributed by atoms with Crippen LogP contribution in [0.25, 0.3) is 0 Å². The molecule has 0 amide bonds. The van der Waals surface area contributed by atoms with Crippen LogP contribution in [0.4, 0.5) is 0 Å². The molecular weight excluding hydrogens is 268 g/mol. The summed E-state index contributed by atoms with van der Waals surface area (Å²) in [5.74, 6) is 0. The first-order chi connectivity index (χ1) is 8.48. The highest BCUT2D eigenvalue weighted by atomic mass is 32.2. The van der Waals surface area contributed by atoms with Crippen LogP contribution in [0.15, 0.2) is 10.3 Å². The van der Waals surface area contributed by atoms with Crippen molar-refractivity contribution in [2.24, 2.45) is 5.73 Å². The topological polar surface area (TPSA) is 63.4 Å². The van der Waals surface area contributed by atoms with Gasteiger partial charge in [0.05, 0.1) is 0 Å². The minimum absolute atomic E-state index is 0.276. The Balaban J connectivity index is 3.14. The SMILES string of the molecule is CCCCN(CC)S(=O)(=O)c1c(C)csc1CN. The Kier molecular flexibility index (Phi) is 5.78. The maximum absolute atomic E-state index is 12.6. The van der Waals surface area contributed by atoms with Crippen molar-refractivity contribution < 1.29 is 8.42 Å². The lowest BCUT2D eigenvalue weighted by molar-refractivity contribution is 0.418. The second-order valence-corrected chi connectivity index (χ2v) is 7.06. The second kappa shape index (κ2) is 6.65. The van der Waals surface area contributed by atoms with E-state index in [1.807, 2.05) is 19.2 Å². The van der Waals surface area contributed by atoms with Crippen molar-refractivity contribution in [2.45, 2.75) is 45.1 Å².